The van der Waals surface area contributed by atoms with Crippen LogP contribution < -0.4 is 0 Å². The van der Waals surface area contributed by atoms with Crippen LogP contribution in [0.1, 0.15) is 5.56 Å². The van der Waals surface area contributed by atoms with E-state index < -0.39 is 15.8 Å². The second-order valence-electron chi connectivity index (χ2n) is 3.94. The highest BCUT2D eigenvalue weighted by Crippen LogP contribution is 2.25. The molecule has 0 saturated carbocycles. The van der Waals surface area contributed by atoms with Crippen LogP contribution in [0.5, 0.6) is 0 Å². The molecule has 2 aromatic rings. The van der Waals surface area contributed by atoms with Gasteiger partial charge < -0.3 is 0 Å². The number of benzene rings is 1. The van der Waals surface area contributed by atoms with Gasteiger partial charge in [0.05, 0.1) is 11.2 Å². The lowest BCUT2D eigenvalue weighted by atomic mass is 10.3. The van der Waals surface area contributed by atoms with Crippen LogP contribution >= 0.6 is 11.6 Å². The number of aromatic amines is 1. The number of aromatic nitrogens is 2. The van der Waals surface area contributed by atoms with E-state index in [1.165, 1.54) is 13.2 Å². The minimum Gasteiger partial charge on any atom is -0.285 e. The SMILES string of the molecule is CN(Cc1cn[nH]c1)S(=O)(=O)c1ccc(F)cc1Cl. The van der Waals surface area contributed by atoms with Crippen LogP contribution in [0.25, 0.3) is 0 Å². The summed E-state index contributed by atoms with van der Waals surface area (Å²) in [5.74, 6) is -0.582. The Morgan fingerprint density at radius 1 is 1.47 bits per heavy atom. The molecule has 1 aromatic heterocycles. The molecule has 19 heavy (non-hydrogen) atoms. The molecular weight excluding hydrogens is 293 g/mol. The van der Waals surface area contributed by atoms with E-state index in [2.05, 4.69) is 10.2 Å². The first kappa shape index (κ1) is 14.0. The number of H-pyrrole nitrogens is 1. The van der Waals surface area contributed by atoms with Gasteiger partial charge in [0.15, 0.2) is 0 Å². The Kier molecular flexibility index (Phi) is 3.88. The summed E-state index contributed by atoms with van der Waals surface area (Å²) in [5.41, 5.74) is 0.712. The highest BCUT2D eigenvalue weighted by molar-refractivity contribution is 7.89. The molecular formula is C11H11ClFN3O2S. The Balaban J connectivity index is 2.31. The molecule has 0 aliphatic rings. The molecule has 1 aromatic carbocycles. The zero-order valence-electron chi connectivity index (χ0n) is 9.97. The van der Waals surface area contributed by atoms with Gasteiger partial charge in [-0.2, -0.15) is 9.40 Å². The lowest BCUT2D eigenvalue weighted by Crippen LogP contribution is -2.26. The van der Waals surface area contributed by atoms with Gasteiger partial charge in [0.1, 0.15) is 10.7 Å². The average molecular weight is 304 g/mol. The summed E-state index contributed by atoms with van der Waals surface area (Å²) in [5, 5.41) is 6.20. The summed E-state index contributed by atoms with van der Waals surface area (Å²) in [6.07, 6.45) is 3.12. The fraction of sp³-hybridized carbons (Fsp3) is 0.182. The molecule has 0 amide bonds. The smallest absolute Gasteiger partial charge is 0.244 e. The van der Waals surface area contributed by atoms with Gasteiger partial charge in [-0.05, 0) is 18.2 Å². The standard InChI is InChI=1S/C11H11ClFN3O2S/c1-16(7-8-5-14-15-6-8)19(17,18)11-3-2-9(13)4-10(11)12/h2-6H,7H2,1H3,(H,14,15). The molecule has 0 saturated heterocycles. The molecule has 2 rings (SSSR count). The van der Waals surface area contributed by atoms with E-state index in [0.717, 1.165) is 22.5 Å². The summed E-state index contributed by atoms with van der Waals surface area (Å²) in [6.45, 7) is 0.145. The molecule has 0 spiro atoms. The van der Waals surface area contributed by atoms with E-state index in [0.29, 0.717) is 5.56 Å². The van der Waals surface area contributed by atoms with Crippen LogP contribution in [0.2, 0.25) is 5.02 Å². The molecule has 102 valence electrons. The van der Waals surface area contributed by atoms with Crippen molar-refractivity contribution in [1.29, 1.82) is 0 Å². The minimum absolute atomic E-state index is 0.124. The first-order chi connectivity index (χ1) is 8.91. The average Bonchev–Trinajstić information content (AvgIpc) is 2.81. The van der Waals surface area contributed by atoms with Crippen molar-refractivity contribution in [1.82, 2.24) is 14.5 Å². The van der Waals surface area contributed by atoms with Crippen LogP contribution in [-0.2, 0) is 16.6 Å². The van der Waals surface area contributed by atoms with Crippen molar-refractivity contribution in [3.8, 4) is 0 Å². The molecule has 0 unspecified atom stereocenters. The summed E-state index contributed by atoms with van der Waals surface area (Å²) in [6, 6.07) is 3.18. The minimum atomic E-state index is -3.77. The Morgan fingerprint density at radius 3 is 2.79 bits per heavy atom. The number of rotatable bonds is 4. The molecule has 0 fully saturated rings. The third kappa shape index (κ3) is 2.94. The molecule has 1 heterocycles. The zero-order valence-corrected chi connectivity index (χ0v) is 11.5. The topological polar surface area (TPSA) is 66.1 Å². The van der Waals surface area contributed by atoms with Gasteiger partial charge in [0, 0.05) is 25.4 Å². The maximum Gasteiger partial charge on any atom is 0.244 e. The van der Waals surface area contributed by atoms with Crippen molar-refractivity contribution >= 4 is 21.6 Å². The van der Waals surface area contributed by atoms with E-state index in [4.69, 9.17) is 11.6 Å². The Labute approximate surface area is 115 Å². The maximum absolute atomic E-state index is 12.9. The third-order valence-corrected chi connectivity index (χ3v) is 4.83. The van der Waals surface area contributed by atoms with Crippen LogP contribution in [0.3, 0.4) is 0 Å². The highest BCUT2D eigenvalue weighted by atomic mass is 35.5. The number of halogens is 2. The van der Waals surface area contributed by atoms with Gasteiger partial charge in [-0.25, -0.2) is 12.8 Å². The van der Waals surface area contributed by atoms with Gasteiger partial charge >= 0.3 is 0 Å². The normalized spacial score (nSPS) is 12.0. The molecule has 1 N–H and O–H groups in total. The predicted octanol–water partition coefficient (Wildman–Crippen LogP) is 2.02. The zero-order chi connectivity index (χ0) is 14.0. The number of hydrogen-bond donors (Lipinski definition) is 1. The molecule has 0 aliphatic heterocycles. The summed E-state index contributed by atoms with van der Waals surface area (Å²) in [4.78, 5) is -0.124. The predicted molar refractivity (Wildman–Crippen MR) is 68.7 cm³/mol. The molecule has 0 atom stereocenters. The Morgan fingerprint density at radius 2 is 2.21 bits per heavy atom. The van der Waals surface area contributed by atoms with Crippen LogP contribution in [0, 0.1) is 5.82 Å². The number of nitrogens with one attached hydrogen (secondary N) is 1. The van der Waals surface area contributed by atoms with Crippen LogP contribution in [0.4, 0.5) is 4.39 Å². The first-order valence-corrected chi connectivity index (χ1v) is 7.12. The Bertz CT molecular complexity index is 673. The quantitative estimate of drug-likeness (QED) is 0.939. The van der Waals surface area contributed by atoms with Crippen molar-refractivity contribution in [3.05, 3.63) is 47.0 Å². The second-order valence-corrected chi connectivity index (χ2v) is 6.36. The van der Waals surface area contributed by atoms with E-state index in [9.17, 15) is 12.8 Å². The van der Waals surface area contributed by atoms with E-state index in [1.54, 1.807) is 6.20 Å². The van der Waals surface area contributed by atoms with Gasteiger partial charge in [-0.1, -0.05) is 11.6 Å². The number of hydrogen-bond acceptors (Lipinski definition) is 3. The van der Waals surface area contributed by atoms with Crippen LogP contribution in [-0.4, -0.2) is 30.0 Å². The van der Waals surface area contributed by atoms with Crippen molar-refractivity contribution in [3.63, 3.8) is 0 Å². The van der Waals surface area contributed by atoms with Crippen molar-refractivity contribution in [2.24, 2.45) is 0 Å². The Hall–Kier alpha value is -1.44. The largest absolute Gasteiger partial charge is 0.285 e. The fourth-order valence-corrected chi connectivity index (χ4v) is 3.22. The van der Waals surface area contributed by atoms with Gasteiger partial charge in [-0.3, -0.25) is 5.10 Å². The third-order valence-electron chi connectivity index (χ3n) is 2.54. The molecule has 8 heteroatoms. The second kappa shape index (κ2) is 5.28. The van der Waals surface area contributed by atoms with Gasteiger partial charge in [-0.15, -0.1) is 0 Å². The first-order valence-electron chi connectivity index (χ1n) is 5.30. The molecule has 0 aliphatic carbocycles. The van der Waals surface area contributed by atoms with E-state index in [-0.39, 0.29) is 16.5 Å². The van der Waals surface area contributed by atoms with Gasteiger partial charge in [0.25, 0.3) is 0 Å². The lowest BCUT2D eigenvalue weighted by Gasteiger charge is -2.17. The van der Waals surface area contributed by atoms with E-state index in [1.807, 2.05) is 0 Å². The molecule has 0 radical (unpaired) electrons. The number of sulfonamides is 1. The molecule has 5 nitrogen and oxygen atoms in total. The summed E-state index contributed by atoms with van der Waals surface area (Å²) < 4.78 is 38.6. The highest BCUT2D eigenvalue weighted by Gasteiger charge is 2.24. The lowest BCUT2D eigenvalue weighted by molar-refractivity contribution is 0.466. The van der Waals surface area contributed by atoms with Crippen molar-refractivity contribution in [2.45, 2.75) is 11.4 Å². The monoisotopic (exact) mass is 303 g/mol. The summed E-state index contributed by atoms with van der Waals surface area (Å²) >= 11 is 5.78. The van der Waals surface area contributed by atoms with Crippen LogP contribution in [0.15, 0.2) is 35.5 Å². The summed E-state index contributed by atoms with van der Waals surface area (Å²) in [7, 11) is -2.35. The fourth-order valence-electron chi connectivity index (χ4n) is 1.56. The van der Waals surface area contributed by atoms with Crippen molar-refractivity contribution in [2.75, 3.05) is 7.05 Å². The van der Waals surface area contributed by atoms with Gasteiger partial charge in [0.2, 0.25) is 10.0 Å². The van der Waals surface area contributed by atoms with E-state index >= 15 is 0 Å². The maximum atomic E-state index is 12.9. The molecule has 0 bridgehead atoms. The number of nitrogens with zero attached hydrogens (tertiary/aromatic N) is 2. The van der Waals surface area contributed by atoms with Crippen molar-refractivity contribution < 1.29 is 12.8 Å².